The molecule has 0 aliphatic carbocycles. The van der Waals surface area contributed by atoms with Crippen LogP contribution in [0.25, 0.3) is 0 Å². The third-order valence-corrected chi connectivity index (χ3v) is 3.22. The van der Waals surface area contributed by atoms with Gasteiger partial charge in [0.15, 0.2) is 0 Å². The zero-order chi connectivity index (χ0) is 12.1. The van der Waals surface area contributed by atoms with Crippen LogP contribution in [0.4, 0.5) is 0 Å². The van der Waals surface area contributed by atoms with Gasteiger partial charge in [-0.2, -0.15) is 0 Å². The first kappa shape index (κ1) is 12.6. The topological polar surface area (TPSA) is 38.5 Å². The molecule has 2 rings (SSSR count). The normalized spacial score (nSPS) is 24.2. The molecule has 1 saturated heterocycles. The van der Waals surface area contributed by atoms with Gasteiger partial charge in [0.1, 0.15) is 0 Å². The lowest BCUT2D eigenvalue weighted by atomic mass is 10.1. The maximum Gasteiger partial charge on any atom is 0.0673 e. The number of benzene rings is 1. The van der Waals surface area contributed by atoms with Gasteiger partial charge in [0.25, 0.3) is 0 Å². The van der Waals surface area contributed by atoms with Crippen molar-refractivity contribution in [1.29, 1.82) is 0 Å². The monoisotopic (exact) mass is 234 g/mol. The molecule has 1 heterocycles. The van der Waals surface area contributed by atoms with Gasteiger partial charge in [-0.15, -0.1) is 0 Å². The molecule has 0 bridgehead atoms. The Morgan fingerprint density at radius 2 is 2.18 bits per heavy atom. The molecule has 0 saturated carbocycles. The summed E-state index contributed by atoms with van der Waals surface area (Å²) < 4.78 is 5.64. The van der Waals surface area contributed by atoms with Crippen LogP contribution < -0.4 is 5.73 Å². The van der Waals surface area contributed by atoms with Crippen molar-refractivity contribution in [2.75, 3.05) is 26.2 Å². The zero-order valence-corrected chi connectivity index (χ0v) is 10.5. The smallest absolute Gasteiger partial charge is 0.0673 e. The minimum Gasteiger partial charge on any atom is -0.377 e. The first-order chi connectivity index (χ1) is 8.25. The molecule has 3 heteroatoms. The number of rotatable bonds is 3. The Balaban J connectivity index is 1.91. The number of hydrogen-bond donors (Lipinski definition) is 1. The molecule has 1 aliphatic rings. The molecule has 0 amide bonds. The van der Waals surface area contributed by atoms with E-state index in [0.717, 1.165) is 32.7 Å². The molecule has 3 nitrogen and oxygen atoms in total. The highest BCUT2D eigenvalue weighted by Gasteiger charge is 2.17. The average Bonchev–Trinajstić information content (AvgIpc) is 2.55. The van der Waals surface area contributed by atoms with Crippen LogP contribution in [0.5, 0.6) is 0 Å². The Morgan fingerprint density at radius 1 is 1.41 bits per heavy atom. The van der Waals surface area contributed by atoms with Gasteiger partial charge in [-0.3, -0.25) is 4.90 Å². The van der Waals surface area contributed by atoms with Gasteiger partial charge in [-0.25, -0.2) is 0 Å². The summed E-state index contributed by atoms with van der Waals surface area (Å²) in [6, 6.07) is 10.4. The van der Waals surface area contributed by atoms with Crippen LogP contribution in [0.15, 0.2) is 30.3 Å². The Morgan fingerprint density at radius 3 is 2.94 bits per heavy atom. The highest BCUT2D eigenvalue weighted by molar-refractivity contribution is 5.18. The molecule has 0 radical (unpaired) electrons. The van der Waals surface area contributed by atoms with Crippen molar-refractivity contribution in [1.82, 2.24) is 4.90 Å². The lowest BCUT2D eigenvalue weighted by Gasteiger charge is -2.25. The van der Waals surface area contributed by atoms with E-state index in [0.29, 0.717) is 6.10 Å². The molecule has 1 unspecified atom stereocenters. The molecular formula is C14H22N2O. The molecule has 2 atom stereocenters. The summed E-state index contributed by atoms with van der Waals surface area (Å²) in [5, 5.41) is 0. The summed E-state index contributed by atoms with van der Waals surface area (Å²) in [4.78, 5) is 2.41. The van der Waals surface area contributed by atoms with E-state index in [1.165, 1.54) is 5.56 Å². The molecular weight excluding hydrogens is 212 g/mol. The van der Waals surface area contributed by atoms with Crippen molar-refractivity contribution >= 4 is 0 Å². The summed E-state index contributed by atoms with van der Waals surface area (Å²) in [6.45, 7) is 5.99. The lowest BCUT2D eigenvalue weighted by Crippen LogP contribution is -2.36. The maximum atomic E-state index is 6.24. The number of nitrogens with two attached hydrogens (primary N) is 1. The molecule has 1 aliphatic heterocycles. The Kier molecular flexibility index (Phi) is 4.54. The second-order valence-electron chi connectivity index (χ2n) is 4.81. The van der Waals surface area contributed by atoms with Gasteiger partial charge in [0, 0.05) is 32.3 Å². The molecule has 0 aromatic heterocycles. The SMILES string of the molecule is CC1CN(C[C@H](N)c2ccccc2)CCCO1. The third kappa shape index (κ3) is 3.80. The van der Waals surface area contributed by atoms with Crippen LogP contribution in [-0.4, -0.2) is 37.2 Å². The number of ether oxygens (including phenoxy) is 1. The minimum absolute atomic E-state index is 0.0986. The second kappa shape index (κ2) is 6.15. The predicted molar refractivity (Wildman–Crippen MR) is 69.8 cm³/mol. The fourth-order valence-electron chi connectivity index (χ4n) is 2.33. The van der Waals surface area contributed by atoms with Gasteiger partial charge in [0.05, 0.1) is 6.10 Å². The van der Waals surface area contributed by atoms with Crippen molar-refractivity contribution in [3.8, 4) is 0 Å². The predicted octanol–water partition coefficient (Wildman–Crippen LogP) is 1.80. The van der Waals surface area contributed by atoms with E-state index in [9.17, 15) is 0 Å². The van der Waals surface area contributed by atoms with E-state index in [2.05, 4.69) is 24.0 Å². The fourth-order valence-corrected chi connectivity index (χ4v) is 2.33. The maximum absolute atomic E-state index is 6.24. The van der Waals surface area contributed by atoms with E-state index in [-0.39, 0.29) is 6.04 Å². The lowest BCUT2D eigenvalue weighted by molar-refractivity contribution is 0.0670. The van der Waals surface area contributed by atoms with Crippen molar-refractivity contribution in [3.05, 3.63) is 35.9 Å². The van der Waals surface area contributed by atoms with Gasteiger partial charge < -0.3 is 10.5 Å². The van der Waals surface area contributed by atoms with E-state index in [4.69, 9.17) is 10.5 Å². The molecule has 2 N–H and O–H groups in total. The minimum atomic E-state index is 0.0986. The number of nitrogens with zero attached hydrogens (tertiary/aromatic N) is 1. The van der Waals surface area contributed by atoms with Crippen LogP contribution in [0, 0.1) is 0 Å². The molecule has 1 aromatic rings. The molecule has 1 fully saturated rings. The summed E-state index contributed by atoms with van der Waals surface area (Å²) in [6.07, 6.45) is 1.42. The number of hydrogen-bond acceptors (Lipinski definition) is 3. The second-order valence-corrected chi connectivity index (χ2v) is 4.81. The van der Waals surface area contributed by atoms with Gasteiger partial charge in [0.2, 0.25) is 0 Å². The van der Waals surface area contributed by atoms with Crippen molar-refractivity contribution in [2.24, 2.45) is 5.73 Å². The van der Waals surface area contributed by atoms with Crippen molar-refractivity contribution in [2.45, 2.75) is 25.5 Å². The average molecular weight is 234 g/mol. The summed E-state index contributed by atoms with van der Waals surface area (Å²) in [5.74, 6) is 0. The van der Waals surface area contributed by atoms with E-state index < -0.39 is 0 Å². The first-order valence-electron chi connectivity index (χ1n) is 6.40. The fraction of sp³-hybridized carbons (Fsp3) is 0.571. The third-order valence-electron chi connectivity index (χ3n) is 3.22. The largest absolute Gasteiger partial charge is 0.377 e. The Labute approximate surface area is 104 Å². The van der Waals surface area contributed by atoms with Crippen LogP contribution in [-0.2, 0) is 4.74 Å². The zero-order valence-electron chi connectivity index (χ0n) is 10.5. The Hall–Kier alpha value is -0.900. The molecule has 1 aromatic carbocycles. The van der Waals surface area contributed by atoms with Crippen LogP contribution in [0.3, 0.4) is 0 Å². The van der Waals surface area contributed by atoms with E-state index in [1.54, 1.807) is 0 Å². The summed E-state index contributed by atoms with van der Waals surface area (Å²) in [7, 11) is 0. The van der Waals surface area contributed by atoms with Gasteiger partial charge >= 0.3 is 0 Å². The summed E-state index contributed by atoms with van der Waals surface area (Å²) >= 11 is 0. The first-order valence-corrected chi connectivity index (χ1v) is 6.40. The highest BCUT2D eigenvalue weighted by Crippen LogP contribution is 2.13. The Bertz CT molecular complexity index is 328. The van der Waals surface area contributed by atoms with E-state index >= 15 is 0 Å². The molecule has 94 valence electrons. The standard InChI is InChI=1S/C14H22N2O/c1-12-10-16(8-5-9-17-12)11-14(15)13-6-3-2-4-7-13/h2-4,6-7,12,14H,5,8-11,15H2,1H3/t12?,14-/m0/s1. The quantitative estimate of drug-likeness (QED) is 0.866. The van der Waals surface area contributed by atoms with Crippen LogP contribution in [0.2, 0.25) is 0 Å². The van der Waals surface area contributed by atoms with Gasteiger partial charge in [-0.05, 0) is 18.9 Å². The van der Waals surface area contributed by atoms with Crippen molar-refractivity contribution in [3.63, 3.8) is 0 Å². The molecule has 17 heavy (non-hydrogen) atoms. The summed E-state index contributed by atoms with van der Waals surface area (Å²) in [5.41, 5.74) is 7.45. The van der Waals surface area contributed by atoms with Crippen molar-refractivity contribution < 1.29 is 4.74 Å². The van der Waals surface area contributed by atoms with Gasteiger partial charge in [-0.1, -0.05) is 30.3 Å². The molecule has 0 spiro atoms. The van der Waals surface area contributed by atoms with Crippen LogP contribution >= 0.6 is 0 Å². The van der Waals surface area contributed by atoms with E-state index in [1.807, 2.05) is 18.2 Å². The van der Waals surface area contributed by atoms with Crippen LogP contribution in [0.1, 0.15) is 24.9 Å². The highest BCUT2D eigenvalue weighted by atomic mass is 16.5.